The summed E-state index contributed by atoms with van der Waals surface area (Å²) in [7, 11) is 0. The average molecular weight is 260 g/mol. The molecule has 19 heavy (non-hydrogen) atoms. The Balaban J connectivity index is 2.19. The van der Waals surface area contributed by atoms with Crippen LogP contribution in [0.4, 0.5) is 0 Å². The van der Waals surface area contributed by atoms with Crippen molar-refractivity contribution in [2.75, 3.05) is 6.61 Å². The van der Waals surface area contributed by atoms with E-state index in [4.69, 9.17) is 4.74 Å². The third kappa shape index (κ3) is 6.23. The number of unbranched alkanes of at least 4 members (excludes halogenated alkanes) is 5. The van der Waals surface area contributed by atoms with Gasteiger partial charge in [0.2, 0.25) is 0 Å². The van der Waals surface area contributed by atoms with Crippen LogP contribution in [0.1, 0.15) is 55.8 Å². The number of ether oxygens (including phenoxy) is 1. The number of benzene rings is 1. The highest BCUT2D eigenvalue weighted by atomic mass is 16.5. The molecule has 1 aromatic rings. The minimum atomic E-state index is -0.0533. The molecule has 0 saturated carbocycles. The van der Waals surface area contributed by atoms with E-state index in [-0.39, 0.29) is 5.78 Å². The van der Waals surface area contributed by atoms with Gasteiger partial charge in [-0.05, 0) is 36.8 Å². The smallest absolute Gasteiger partial charge is 0.185 e. The normalized spacial score (nSPS) is 10.2. The van der Waals surface area contributed by atoms with Crippen LogP contribution in [0.25, 0.3) is 0 Å². The third-order valence-corrected chi connectivity index (χ3v) is 3.09. The molecule has 1 aromatic carbocycles. The molecule has 0 aliphatic carbocycles. The van der Waals surface area contributed by atoms with Crippen molar-refractivity contribution in [1.29, 1.82) is 0 Å². The Labute approximate surface area is 116 Å². The topological polar surface area (TPSA) is 26.3 Å². The lowest BCUT2D eigenvalue weighted by Crippen LogP contribution is -1.98. The Kier molecular flexibility index (Phi) is 7.64. The van der Waals surface area contributed by atoms with E-state index in [2.05, 4.69) is 13.5 Å². The molecule has 0 heterocycles. The molecule has 2 heteroatoms. The summed E-state index contributed by atoms with van der Waals surface area (Å²) in [6.07, 6.45) is 8.89. The van der Waals surface area contributed by atoms with E-state index in [9.17, 15) is 4.79 Å². The van der Waals surface area contributed by atoms with Gasteiger partial charge >= 0.3 is 0 Å². The summed E-state index contributed by atoms with van der Waals surface area (Å²) >= 11 is 0. The van der Waals surface area contributed by atoms with E-state index in [0.717, 1.165) is 18.8 Å². The number of hydrogen-bond donors (Lipinski definition) is 0. The minimum absolute atomic E-state index is 0.0533. The molecule has 0 N–H and O–H groups in total. The van der Waals surface area contributed by atoms with Crippen molar-refractivity contribution in [2.24, 2.45) is 0 Å². The van der Waals surface area contributed by atoms with Gasteiger partial charge in [0.1, 0.15) is 5.75 Å². The minimum Gasteiger partial charge on any atom is -0.494 e. The van der Waals surface area contributed by atoms with Gasteiger partial charge in [-0.2, -0.15) is 0 Å². The highest BCUT2D eigenvalue weighted by Crippen LogP contribution is 2.14. The first-order valence-electron chi connectivity index (χ1n) is 7.17. The van der Waals surface area contributed by atoms with Crippen LogP contribution >= 0.6 is 0 Å². The number of carbonyl (C=O) groups is 1. The molecule has 0 atom stereocenters. The molecule has 0 saturated heterocycles. The highest BCUT2D eigenvalue weighted by molar-refractivity contribution is 6.04. The zero-order chi connectivity index (χ0) is 13.9. The number of hydrogen-bond acceptors (Lipinski definition) is 2. The first kappa shape index (κ1) is 15.5. The van der Waals surface area contributed by atoms with Crippen LogP contribution in [-0.4, -0.2) is 12.4 Å². The van der Waals surface area contributed by atoms with Crippen molar-refractivity contribution < 1.29 is 9.53 Å². The second-order valence-electron chi connectivity index (χ2n) is 4.71. The molecule has 0 aliphatic heterocycles. The van der Waals surface area contributed by atoms with E-state index >= 15 is 0 Å². The second kappa shape index (κ2) is 9.37. The lowest BCUT2D eigenvalue weighted by Gasteiger charge is -2.06. The van der Waals surface area contributed by atoms with E-state index < -0.39 is 0 Å². The lowest BCUT2D eigenvalue weighted by atomic mass is 10.1. The maximum absolute atomic E-state index is 11.4. The van der Waals surface area contributed by atoms with Gasteiger partial charge in [-0.25, -0.2) is 0 Å². The average Bonchev–Trinajstić information content (AvgIpc) is 2.46. The molecule has 0 spiro atoms. The van der Waals surface area contributed by atoms with Crippen molar-refractivity contribution in [3.8, 4) is 5.75 Å². The first-order valence-corrected chi connectivity index (χ1v) is 7.17. The van der Waals surface area contributed by atoms with Crippen molar-refractivity contribution in [3.05, 3.63) is 42.5 Å². The fourth-order valence-electron chi connectivity index (χ4n) is 1.91. The second-order valence-corrected chi connectivity index (χ2v) is 4.71. The molecule has 0 unspecified atom stereocenters. The summed E-state index contributed by atoms with van der Waals surface area (Å²) in [5.74, 6) is 0.775. The zero-order valence-electron chi connectivity index (χ0n) is 11.9. The molecule has 0 aromatic heterocycles. The summed E-state index contributed by atoms with van der Waals surface area (Å²) in [5.41, 5.74) is 0.655. The van der Waals surface area contributed by atoms with Gasteiger partial charge in [0.25, 0.3) is 0 Å². The summed E-state index contributed by atoms with van der Waals surface area (Å²) in [4.78, 5) is 11.4. The third-order valence-electron chi connectivity index (χ3n) is 3.09. The van der Waals surface area contributed by atoms with Gasteiger partial charge in [0.05, 0.1) is 6.61 Å². The van der Waals surface area contributed by atoms with Gasteiger partial charge in [0.15, 0.2) is 5.78 Å². The van der Waals surface area contributed by atoms with E-state index in [0.29, 0.717) is 5.56 Å². The molecule has 0 bridgehead atoms. The van der Waals surface area contributed by atoms with Gasteiger partial charge in [-0.3, -0.25) is 4.79 Å². The summed E-state index contributed by atoms with van der Waals surface area (Å²) in [5, 5.41) is 0. The number of carbonyl (C=O) groups excluding carboxylic acids is 1. The quantitative estimate of drug-likeness (QED) is 0.343. The summed E-state index contributed by atoms with van der Waals surface area (Å²) in [6.45, 7) is 6.45. The van der Waals surface area contributed by atoms with Gasteiger partial charge in [0, 0.05) is 5.56 Å². The monoisotopic (exact) mass is 260 g/mol. The van der Waals surface area contributed by atoms with Crippen molar-refractivity contribution in [1.82, 2.24) is 0 Å². The van der Waals surface area contributed by atoms with Crippen LogP contribution in [0, 0.1) is 0 Å². The Hall–Kier alpha value is -1.57. The number of allylic oxidation sites excluding steroid dienone is 1. The maximum atomic E-state index is 11.4. The van der Waals surface area contributed by atoms with Crippen molar-refractivity contribution in [2.45, 2.75) is 45.4 Å². The van der Waals surface area contributed by atoms with Gasteiger partial charge in [-0.15, -0.1) is 0 Å². The predicted octanol–water partition coefficient (Wildman–Crippen LogP) is 4.79. The SMILES string of the molecule is C=CC(=O)c1ccc(OCCCCCCCC)cc1. The van der Waals surface area contributed by atoms with Gasteiger partial charge < -0.3 is 4.74 Å². The molecule has 0 fully saturated rings. The van der Waals surface area contributed by atoms with Gasteiger partial charge in [-0.1, -0.05) is 45.6 Å². The largest absolute Gasteiger partial charge is 0.494 e. The van der Waals surface area contributed by atoms with Crippen LogP contribution in [-0.2, 0) is 0 Å². The number of rotatable bonds is 10. The van der Waals surface area contributed by atoms with Crippen LogP contribution in [0.2, 0.25) is 0 Å². The standard InChI is InChI=1S/C17H24O2/c1-3-5-6-7-8-9-14-19-16-12-10-15(11-13-16)17(18)4-2/h4,10-13H,2-3,5-9,14H2,1H3. The fraction of sp³-hybridized carbons (Fsp3) is 0.471. The van der Waals surface area contributed by atoms with Crippen LogP contribution in [0.15, 0.2) is 36.9 Å². The van der Waals surface area contributed by atoms with E-state index in [1.807, 2.05) is 12.1 Å². The predicted molar refractivity (Wildman–Crippen MR) is 79.8 cm³/mol. The van der Waals surface area contributed by atoms with Crippen LogP contribution in [0.3, 0.4) is 0 Å². The Bertz CT molecular complexity index is 379. The van der Waals surface area contributed by atoms with Crippen molar-refractivity contribution in [3.63, 3.8) is 0 Å². The Morgan fingerprint density at radius 2 is 1.74 bits per heavy atom. The van der Waals surface area contributed by atoms with Crippen LogP contribution < -0.4 is 4.74 Å². The van der Waals surface area contributed by atoms with E-state index in [1.165, 1.54) is 38.2 Å². The summed E-state index contributed by atoms with van der Waals surface area (Å²) in [6, 6.07) is 7.24. The Morgan fingerprint density at radius 3 is 2.37 bits per heavy atom. The molecule has 0 aliphatic rings. The first-order chi connectivity index (χ1) is 9.27. The van der Waals surface area contributed by atoms with E-state index in [1.54, 1.807) is 12.1 Å². The molecular formula is C17H24O2. The summed E-state index contributed by atoms with van der Waals surface area (Å²) < 4.78 is 5.64. The fourth-order valence-corrected chi connectivity index (χ4v) is 1.91. The zero-order valence-corrected chi connectivity index (χ0v) is 11.9. The molecule has 104 valence electrons. The number of ketones is 1. The molecule has 2 nitrogen and oxygen atoms in total. The molecule has 0 amide bonds. The van der Waals surface area contributed by atoms with Crippen LogP contribution in [0.5, 0.6) is 5.75 Å². The maximum Gasteiger partial charge on any atom is 0.185 e. The van der Waals surface area contributed by atoms with Crippen molar-refractivity contribution >= 4 is 5.78 Å². The molecule has 1 rings (SSSR count). The molecular weight excluding hydrogens is 236 g/mol. The highest BCUT2D eigenvalue weighted by Gasteiger charge is 2.01. The lowest BCUT2D eigenvalue weighted by molar-refractivity contribution is 0.104. The molecule has 0 radical (unpaired) electrons. The Morgan fingerprint density at radius 1 is 1.11 bits per heavy atom.